The average Bonchev–Trinajstić information content (AvgIpc) is 2.47. The van der Waals surface area contributed by atoms with E-state index in [0.29, 0.717) is 11.3 Å². The summed E-state index contributed by atoms with van der Waals surface area (Å²) in [4.78, 5) is 21.3. The molecule has 0 N–H and O–H groups in total. The zero-order chi connectivity index (χ0) is 10.0. The molecule has 9 heteroatoms. The first-order valence-electron chi connectivity index (χ1n) is 2.84. The van der Waals surface area contributed by atoms with Crippen molar-refractivity contribution in [3.8, 4) is 0 Å². The molecule has 0 aliphatic carbocycles. The van der Waals surface area contributed by atoms with Crippen LogP contribution in [-0.4, -0.2) is 9.85 Å². The van der Waals surface area contributed by atoms with E-state index in [1.807, 2.05) is 0 Å². The first-order valence-corrected chi connectivity index (χ1v) is 3.65. The van der Waals surface area contributed by atoms with Gasteiger partial charge in [0, 0.05) is 11.3 Å². The Bertz CT molecular complexity index is 418. The molecule has 0 radical (unpaired) electrons. The summed E-state index contributed by atoms with van der Waals surface area (Å²) in [6, 6.07) is 0.750. The third kappa shape index (κ3) is 1.57. The van der Waals surface area contributed by atoms with E-state index >= 15 is 0 Å². The molecule has 0 aliphatic rings. The molecule has 8 nitrogen and oxygen atoms in total. The fourth-order valence-electron chi connectivity index (χ4n) is 0.652. The molecule has 1 aromatic rings. The Hall–Kier alpha value is -2.08. The van der Waals surface area contributed by atoms with Crippen LogP contribution in [0, 0.1) is 25.6 Å². The predicted molar refractivity (Wildman–Crippen MR) is 42.4 cm³/mol. The van der Waals surface area contributed by atoms with Crippen molar-refractivity contribution in [1.29, 1.82) is 5.39 Å². The van der Waals surface area contributed by atoms with Crippen LogP contribution in [0.15, 0.2) is 6.07 Å². The topological polar surface area (TPSA) is 114 Å². The number of diazo groups is 1. The second-order valence-electron chi connectivity index (χ2n) is 1.89. The highest BCUT2D eigenvalue weighted by atomic mass is 32.1. The lowest BCUT2D eigenvalue weighted by atomic mass is 10.5. The van der Waals surface area contributed by atoms with Crippen LogP contribution in [0.2, 0.25) is 0 Å². The second kappa shape index (κ2) is 3.11. The number of hydrogen-bond acceptors (Lipinski definition) is 6. The normalized spacial score (nSPS) is 9.15. The SMILES string of the molecule is N#[N+]c1sc([N+](=O)[O-])cc1[N+](=O)[O-]. The average molecular weight is 201 g/mol. The summed E-state index contributed by atoms with van der Waals surface area (Å²) in [6.45, 7) is 0. The Balaban J connectivity index is 3.29. The Labute approximate surface area is 74.3 Å². The molecule has 13 heavy (non-hydrogen) atoms. The molecule has 0 bridgehead atoms. The fraction of sp³-hybridized carbons (Fsp3) is 0. The Kier molecular flexibility index (Phi) is 2.16. The summed E-state index contributed by atoms with van der Waals surface area (Å²) in [7, 11) is 0. The molecule has 1 aromatic heterocycles. The fourth-order valence-corrected chi connectivity index (χ4v) is 1.37. The molecule has 0 amide bonds. The van der Waals surface area contributed by atoms with E-state index in [2.05, 4.69) is 4.98 Å². The van der Waals surface area contributed by atoms with Gasteiger partial charge in [-0.3, -0.25) is 20.2 Å². The predicted octanol–water partition coefficient (Wildman–Crippen LogP) is 2.05. The van der Waals surface area contributed by atoms with Gasteiger partial charge in [-0.05, 0) is 0 Å². The van der Waals surface area contributed by atoms with Gasteiger partial charge in [0.05, 0.1) is 9.85 Å². The van der Waals surface area contributed by atoms with Crippen LogP contribution >= 0.6 is 11.3 Å². The summed E-state index contributed by atoms with van der Waals surface area (Å²) < 4.78 is 0. The second-order valence-corrected chi connectivity index (χ2v) is 2.90. The zero-order valence-electron chi connectivity index (χ0n) is 5.91. The molecule has 66 valence electrons. The van der Waals surface area contributed by atoms with Gasteiger partial charge in [-0.2, -0.15) is 0 Å². The van der Waals surface area contributed by atoms with Crippen molar-refractivity contribution in [1.82, 2.24) is 0 Å². The van der Waals surface area contributed by atoms with Crippen molar-refractivity contribution in [2.75, 3.05) is 0 Å². The monoisotopic (exact) mass is 201 g/mol. The van der Waals surface area contributed by atoms with E-state index in [0.717, 1.165) is 6.07 Å². The lowest BCUT2D eigenvalue weighted by Crippen LogP contribution is -1.85. The first kappa shape index (κ1) is 9.01. The molecule has 0 saturated carbocycles. The molecule has 1 rings (SSSR count). The van der Waals surface area contributed by atoms with Crippen LogP contribution in [0.4, 0.5) is 15.7 Å². The van der Waals surface area contributed by atoms with Crippen LogP contribution in [0.3, 0.4) is 0 Å². The van der Waals surface area contributed by atoms with Gasteiger partial charge >= 0.3 is 15.7 Å². The lowest BCUT2D eigenvalue weighted by molar-refractivity contribution is -0.389. The number of nitro groups is 2. The maximum absolute atomic E-state index is 10.2. The van der Waals surface area contributed by atoms with Crippen LogP contribution in [-0.2, 0) is 0 Å². The van der Waals surface area contributed by atoms with E-state index in [1.54, 1.807) is 0 Å². The van der Waals surface area contributed by atoms with Gasteiger partial charge in [-0.25, -0.2) is 0 Å². The number of rotatable bonds is 2. The number of thiophene rings is 1. The summed E-state index contributed by atoms with van der Waals surface area (Å²) >= 11 is 0.439. The van der Waals surface area contributed by atoms with Crippen molar-refractivity contribution < 1.29 is 9.85 Å². The molecule has 0 fully saturated rings. The van der Waals surface area contributed by atoms with Crippen molar-refractivity contribution in [3.05, 3.63) is 31.3 Å². The summed E-state index contributed by atoms with van der Waals surface area (Å²) in [5.74, 6) is 0. The van der Waals surface area contributed by atoms with E-state index < -0.39 is 20.5 Å². The van der Waals surface area contributed by atoms with Crippen molar-refractivity contribution in [2.24, 2.45) is 0 Å². The molecule has 0 atom stereocenters. The van der Waals surface area contributed by atoms with Gasteiger partial charge < -0.3 is 0 Å². The molecule has 0 saturated heterocycles. The quantitative estimate of drug-likeness (QED) is 0.412. The minimum Gasteiger partial charge on any atom is -0.258 e. The van der Waals surface area contributed by atoms with Crippen molar-refractivity contribution in [3.63, 3.8) is 0 Å². The van der Waals surface area contributed by atoms with E-state index in [4.69, 9.17) is 5.39 Å². The Morgan fingerprint density at radius 3 is 2.31 bits per heavy atom. The highest BCUT2D eigenvalue weighted by Crippen LogP contribution is 2.40. The number of nitrogens with zero attached hydrogens (tertiary/aromatic N) is 4. The van der Waals surface area contributed by atoms with Crippen molar-refractivity contribution >= 4 is 27.0 Å². The van der Waals surface area contributed by atoms with Gasteiger partial charge in [0.1, 0.15) is 6.07 Å². The minimum absolute atomic E-state index is 0.378. The Morgan fingerprint density at radius 2 is 2.00 bits per heavy atom. The van der Waals surface area contributed by atoms with Crippen LogP contribution in [0.5, 0.6) is 0 Å². The van der Waals surface area contributed by atoms with E-state index in [9.17, 15) is 20.2 Å². The molecule has 0 unspecified atom stereocenters. The molecule has 0 aromatic carbocycles. The van der Waals surface area contributed by atoms with Crippen LogP contribution < -0.4 is 0 Å². The molecular weight excluding hydrogens is 200 g/mol. The van der Waals surface area contributed by atoms with Gasteiger partial charge in [0.2, 0.25) is 5.39 Å². The molecule has 0 aliphatic heterocycles. The summed E-state index contributed by atoms with van der Waals surface area (Å²) in [5, 5.41) is 27.9. The van der Waals surface area contributed by atoms with Gasteiger partial charge in [0.25, 0.3) is 0 Å². The molecular formula is C4HN4O4S+. The highest BCUT2D eigenvalue weighted by Gasteiger charge is 2.34. The minimum atomic E-state index is -0.849. The smallest absolute Gasteiger partial charge is 0.258 e. The zero-order valence-corrected chi connectivity index (χ0v) is 6.72. The van der Waals surface area contributed by atoms with Gasteiger partial charge in [0.15, 0.2) is 4.98 Å². The Morgan fingerprint density at radius 1 is 1.38 bits per heavy atom. The third-order valence-electron chi connectivity index (χ3n) is 1.15. The molecule has 0 spiro atoms. The number of hydrogen-bond donors (Lipinski definition) is 0. The first-order chi connectivity index (χ1) is 6.06. The van der Waals surface area contributed by atoms with Crippen molar-refractivity contribution in [2.45, 2.75) is 0 Å². The van der Waals surface area contributed by atoms with E-state index in [1.165, 1.54) is 0 Å². The van der Waals surface area contributed by atoms with Crippen LogP contribution in [0.1, 0.15) is 0 Å². The standard InChI is InChI=1S/C4HN4O4S/c5-6-4-2(7(9)10)1-3(13-4)8(11)12/h1H/q+1. The highest BCUT2D eigenvalue weighted by molar-refractivity contribution is 7.19. The summed E-state index contributed by atoms with van der Waals surface area (Å²) in [6.07, 6.45) is 0. The lowest BCUT2D eigenvalue weighted by Gasteiger charge is -1.77. The van der Waals surface area contributed by atoms with E-state index in [-0.39, 0.29) is 5.00 Å². The third-order valence-corrected chi connectivity index (χ3v) is 2.11. The molecule has 1 heterocycles. The maximum Gasteiger partial charge on any atom is 0.523 e. The van der Waals surface area contributed by atoms with Gasteiger partial charge in [-0.1, -0.05) is 0 Å². The van der Waals surface area contributed by atoms with Crippen LogP contribution in [0.25, 0.3) is 4.98 Å². The maximum atomic E-state index is 10.2. The van der Waals surface area contributed by atoms with Gasteiger partial charge in [-0.15, -0.1) is 0 Å². The summed E-state index contributed by atoms with van der Waals surface area (Å²) in [5.41, 5.74) is -0.570. The largest absolute Gasteiger partial charge is 0.523 e.